The number of halogens is 1. The number of hydrogen-bond donors (Lipinski definition) is 0. The maximum absolute atomic E-state index is 4.15. The average Bonchev–Trinajstić information content (AvgIpc) is 2.67. The predicted molar refractivity (Wildman–Crippen MR) is 114 cm³/mol. The summed E-state index contributed by atoms with van der Waals surface area (Å²) in [6.07, 6.45) is 17.1. The molecule has 0 N–H and O–H groups in total. The van der Waals surface area contributed by atoms with Gasteiger partial charge in [-0.1, -0.05) is 0 Å². The van der Waals surface area contributed by atoms with Gasteiger partial charge in [0.05, 0.1) is 0 Å². The standard InChI is InChI=1S/C21H32N2PSe.HI/c1-3-4-18-25-19-17-24(2,15-9-20-5-11-22-12-6-20)16-10-21-7-13-23-14-8-21;/h5-8,11-14H,3-4,9-10,15-19H2,1-2H3;1H/q+1;/p-1. The van der Waals surface area contributed by atoms with E-state index in [0.29, 0.717) is 0 Å². The summed E-state index contributed by atoms with van der Waals surface area (Å²) in [5, 5.41) is 2.95. The van der Waals surface area contributed by atoms with Crippen molar-refractivity contribution in [1.29, 1.82) is 0 Å². The Morgan fingerprint density at radius 1 is 0.808 bits per heavy atom. The van der Waals surface area contributed by atoms with Crippen LogP contribution in [0.5, 0.6) is 0 Å². The molecule has 2 heterocycles. The van der Waals surface area contributed by atoms with Crippen molar-refractivity contribution in [2.75, 3.05) is 25.2 Å². The second-order valence-electron chi connectivity index (χ2n) is 6.97. The van der Waals surface area contributed by atoms with Gasteiger partial charge >= 0.3 is 161 Å². The zero-order chi connectivity index (χ0) is 17.8. The summed E-state index contributed by atoms with van der Waals surface area (Å²) >= 11 is 0.852. The molecule has 2 aromatic rings. The summed E-state index contributed by atoms with van der Waals surface area (Å²) in [4.78, 5) is 8.30. The Kier molecular flexibility index (Phi) is 13.0. The molecule has 0 aliphatic heterocycles. The number of hydrogen-bond acceptors (Lipinski definition) is 2. The zero-order valence-electron chi connectivity index (χ0n) is 16.1. The molecule has 0 aromatic carbocycles. The van der Waals surface area contributed by atoms with Crippen LogP contribution in [-0.4, -0.2) is 50.1 Å². The first-order chi connectivity index (χ1) is 12.2. The van der Waals surface area contributed by atoms with Crippen molar-refractivity contribution < 1.29 is 24.0 Å². The van der Waals surface area contributed by atoms with Crippen molar-refractivity contribution in [3.05, 3.63) is 60.2 Å². The monoisotopic (exact) mass is 550 g/mol. The van der Waals surface area contributed by atoms with Gasteiger partial charge in [0, 0.05) is 0 Å². The van der Waals surface area contributed by atoms with E-state index in [9.17, 15) is 0 Å². The normalized spacial score (nSPS) is 11.2. The molecule has 0 aliphatic rings. The van der Waals surface area contributed by atoms with Gasteiger partial charge in [0.2, 0.25) is 0 Å². The third kappa shape index (κ3) is 9.78. The van der Waals surface area contributed by atoms with Crippen molar-refractivity contribution in [3.8, 4) is 0 Å². The van der Waals surface area contributed by atoms with Gasteiger partial charge < -0.3 is 24.0 Å². The maximum Gasteiger partial charge on any atom is -1.00 e. The molecule has 2 nitrogen and oxygen atoms in total. The zero-order valence-corrected chi connectivity index (χ0v) is 20.9. The van der Waals surface area contributed by atoms with E-state index in [-0.39, 0.29) is 24.0 Å². The van der Waals surface area contributed by atoms with Crippen molar-refractivity contribution in [1.82, 2.24) is 9.97 Å². The first-order valence-electron chi connectivity index (χ1n) is 9.41. The fraction of sp³-hybridized carbons (Fsp3) is 0.524. The summed E-state index contributed by atoms with van der Waals surface area (Å²) in [6, 6.07) is 8.72. The molecular formula is C21H32IN2PSe. The van der Waals surface area contributed by atoms with Gasteiger partial charge in [-0.05, 0) is 0 Å². The summed E-state index contributed by atoms with van der Waals surface area (Å²) < 4.78 is 0. The van der Waals surface area contributed by atoms with Crippen LogP contribution in [0.25, 0.3) is 0 Å². The van der Waals surface area contributed by atoms with Crippen LogP contribution in [0.2, 0.25) is 10.6 Å². The van der Waals surface area contributed by atoms with E-state index in [1.165, 1.54) is 65.9 Å². The molecule has 0 radical (unpaired) electrons. The minimum absolute atomic E-state index is 0. The Morgan fingerprint density at radius 3 is 1.77 bits per heavy atom. The Balaban J connectivity index is 0.00000338. The Hall–Kier alpha value is -0.0205. The van der Waals surface area contributed by atoms with Crippen LogP contribution in [0.1, 0.15) is 30.9 Å². The van der Waals surface area contributed by atoms with Gasteiger partial charge in [-0.3, -0.25) is 0 Å². The van der Waals surface area contributed by atoms with E-state index < -0.39 is 7.26 Å². The minimum atomic E-state index is -0.874. The molecule has 0 bridgehead atoms. The van der Waals surface area contributed by atoms with Crippen LogP contribution in [0, 0.1) is 0 Å². The van der Waals surface area contributed by atoms with Crippen molar-refractivity contribution >= 4 is 22.2 Å². The molecule has 144 valence electrons. The first-order valence-corrected chi connectivity index (χ1v) is 14.6. The quantitative estimate of drug-likeness (QED) is 0.176. The van der Waals surface area contributed by atoms with Crippen molar-refractivity contribution in [2.24, 2.45) is 0 Å². The molecular weight excluding hydrogens is 517 g/mol. The van der Waals surface area contributed by atoms with Crippen LogP contribution in [0.4, 0.5) is 0 Å². The molecule has 26 heavy (non-hydrogen) atoms. The Labute approximate surface area is 183 Å². The number of rotatable bonds is 12. The number of nitrogens with zero attached hydrogens (tertiary/aromatic N) is 2. The topological polar surface area (TPSA) is 25.8 Å². The second kappa shape index (κ2) is 14.0. The molecule has 0 saturated carbocycles. The molecule has 0 unspecified atom stereocenters. The van der Waals surface area contributed by atoms with Crippen LogP contribution in [0.15, 0.2) is 49.1 Å². The number of pyridine rings is 2. The van der Waals surface area contributed by atoms with Crippen LogP contribution in [-0.2, 0) is 12.8 Å². The summed E-state index contributed by atoms with van der Waals surface area (Å²) in [5.74, 6) is 0. The summed E-state index contributed by atoms with van der Waals surface area (Å²) in [5.41, 5.74) is 2.89. The molecule has 0 fully saturated rings. The Morgan fingerprint density at radius 2 is 1.31 bits per heavy atom. The van der Waals surface area contributed by atoms with Gasteiger partial charge in [-0.15, -0.1) is 0 Å². The van der Waals surface area contributed by atoms with Gasteiger partial charge in [-0.25, -0.2) is 0 Å². The molecule has 2 rings (SSSR count). The van der Waals surface area contributed by atoms with Crippen molar-refractivity contribution in [3.63, 3.8) is 0 Å². The van der Waals surface area contributed by atoms with Gasteiger partial charge in [0.15, 0.2) is 0 Å². The number of aryl methyl sites for hydroxylation is 2. The minimum Gasteiger partial charge on any atom is -1.00 e. The molecule has 2 aromatic heterocycles. The molecule has 0 atom stereocenters. The number of aromatic nitrogens is 2. The van der Waals surface area contributed by atoms with E-state index in [1.807, 2.05) is 24.8 Å². The molecule has 0 amide bonds. The van der Waals surface area contributed by atoms with E-state index >= 15 is 0 Å². The van der Waals surface area contributed by atoms with Crippen molar-refractivity contribution in [2.45, 2.75) is 43.2 Å². The van der Waals surface area contributed by atoms with E-state index in [2.05, 4.69) is 47.8 Å². The largest absolute Gasteiger partial charge is 1.00 e. The average molecular weight is 549 g/mol. The molecule has 0 saturated heterocycles. The van der Waals surface area contributed by atoms with Crippen LogP contribution >= 0.6 is 7.26 Å². The fourth-order valence-corrected chi connectivity index (χ4v) is 10.8. The Bertz CT molecular complexity index is 540. The maximum atomic E-state index is 4.15. The van der Waals surface area contributed by atoms with Crippen LogP contribution < -0.4 is 24.0 Å². The molecule has 0 aliphatic carbocycles. The van der Waals surface area contributed by atoms with Gasteiger partial charge in [0.25, 0.3) is 0 Å². The molecule has 5 heteroatoms. The third-order valence-electron chi connectivity index (χ3n) is 4.80. The number of unbranched alkanes of at least 4 members (excludes halogenated alkanes) is 1. The van der Waals surface area contributed by atoms with Gasteiger partial charge in [0.1, 0.15) is 0 Å². The van der Waals surface area contributed by atoms with Crippen LogP contribution in [0.3, 0.4) is 0 Å². The fourth-order valence-electron chi connectivity index (χ4n) is 2.87. The third-order valence-corrected chi connectivity index (χ3v) is 11.6. The van der Waals surface area contributed by atoms with E-state index in [0.717, 1.165) is 15.0 Å². The van der Waals surface area contributed by atoms with E-state index in [4.69, 9.17) is 0 Å². The predicted octanol–water partition coefficient (Wildman–Crippen LogP) is 2.25. The van der Waals surface area contributed by atoms with Gasteiger partial charge in [-0.2, -0.15) is 0 Å². The summed E-state index contributed by atoms with van der Waals surface area (Å²) in [6.45, 7) is 4.92. The first kappa shape index (κ1) is 24.0. The van der Waals surface area contributed by atoms with E-state index in [1.54, 1.807) is 0 Å². The summed E-state index contributed by atoms with van der Waals surface area (Å²) in [7, 11) is -0.874. The smallest absolute Gasteiger partial charge is 1.00 e. The second-order valence-corrected chi connectivity index (χ2v) is 14.1. The SMILES string of the molecule is CCCC[Se]CC[P+](C)(CCc1ccncc1)CCc1ccncc1.[I-]. The molecule has 0 spiro atoms.